The molecule has 22 heavy (non-hydrogen) atoms. The largest absolute Gasteiger partial charge is 0.507 e. The van der Waals surface area contributed by atoms with Crippen LogP contribution >= 0.6 is 0 Å². The molecule has 0 fully saturated rings. The second-order valence-electron chi connectivity index (χ2n) is 4.53. The standard InChI is InChI=1S/C15H12N4O3/c20-13(7-14(21)15-17-9-18-19-15)10-5-12(22-8-10)6-11-3-1-2-4-16-11/h1-5,7-9,20H,6H2,(H,17,18,19). The summed E-state index contributed by atoms with van der Waals surface area (Å²) in [6.07, 6.45) is 5.88. The number of allylic oxidation sites excluding steroid dienone is 1. The number of carbonyl (C=O) groups is 1. The molecule has 0 radical (unpaired) electrons. The molecule has 3 rings (SSSR count). The first-order valence-electron chi connectivity index (χ1n) is 6.50. The normalized spacial score (nSPS) is 11.5. The Bertz CT molecular complexity index is 791. The van der Waals surface area contributed by atoms with Gasteiger partial charge in [-0.2, -0.15) is 5.10 Å². The maximum absolute atomic E-state index is 11.8. The van der Waals surface area contributed by atoms with Crippen LogP contribution in [-0.4, -0.2) is 31.1 Å². The number of carbonyl (C=O) groups excluding carboxylic acids is 1. The van der Waals surface area contributed by atoms with E-state index in [1.807, 2.05) is 18.2 Å². The van der Waals surface area contributed by atoms with E-state index in [2.05, 4.69) is 20.2 Å². The number of nitrogens with zero attached hydrogens (tertiary/aromatic N) is 3. The van der Waals surface area contributed by atoms with Crippen molar-refractivity contribution in [1.29, 1.82) is 0 Å². The summed E-state index contributed by atoms with van der Waals surface area (Å²) in [5.74, 6) is 0.0319. The van der Waals surface area contributed by atoms with Gasteiger partial charge in [0.2, 0.25) is 5.78 Å². The predicted molar refractivity (Wildman–Crippen MR) is 77.1 cm³/mol. The molecule has 0 saturated carbocycles. The van der Waals surface area contributed by atoms with Crippen LogP contribution < -0.4 is 0 Å². The van der Waals surface area contributed by atoms with Gasteiger partial charge in [-0.3, -0.25) is 14.9 Å². The fourth-order valence-electron chi connectivity index (χ4n) is 1.89. The maximum atomic E-state index is 11.8. The lowest BCUT2D eigenvalue weighted by Crippen LogP contribution is -1.99. The third-order valence-electron chi connectivity index (χ3n) is 2.95. The number of ketones is 1. The number of aliphatic hydroxyl groups is 1. The number of nitrogens with one attached hydrogen (secondary N) is 1. The minimum Gasteiger partial charge on any atom is -0.507 e. The quantitative estimate of drug-likeness (QED) is 0.424. The highest BCUT2D eigenvalue weighted by atomic mass is 16.3. The number of aromatic nitrogens is 4. The summed E-state index contributed by atoms with van der Waals surface area (Å²) in [5.41, 5.74) is 1.27. The van der Waals surface area contributed by atoms with Crippen LogP contribution in [0.2, 0.25) is 0 Å². The topological polar surface area (TPSA) is 105 Å². The van der Waals surface area contributed by atoms with Crippen molar-refractivity contribution < 1.29 is 14.3 Å². The van der Waals surface area contributed by atoms with E-state index in [9.17, 15) is 9.90 Å². The number of hydrogen-bond acceptors (Lipinski definition) is 6. The van der Waals surface area contributed by atoms with E-state index in [1.54, 1.807) is 12.3 Å². The van der Waals surface area contributed by atoms with Gasteiger partial charge in [-0.1, -0.05) is 6.07 Å². The van der Waals surface area contributed by atoms with Crippen LogP contribution in [0.25, 0.3) is 5.76 Å². The summed E-state index contributed by atoms with van der Waals surface area (Å²) in [6, 6.07) is 7.26. The van der Waals surface area contributed by atoms with Gasteiger partial charge in [0.05, 0.1) is 5.56 Å². The zero-order valence-electron chi connectivity index (χ0n) is 11.4. The third-order valence-corrected chi connectivity index (χ3v) is 2.95. The lowest BCUT2D eigenvalue weighted by molar-refractivity contribution is 0.103. The highest BCUT2D eigenvalue weighted by Crippen LogP contribution is 2.18. The Hall–Kier alpha value is -3.22. The number of aliphatic hydroxyl groups excluding tert-OH is 1. The van der Waals surface area contributed by atoms with Crippen molar-refractivity contribution >= 4 is 11.5 Å². The molecule has 3 heterocycles. The second kappa shape index (κ2) is 6.04. The predicted octanol–water partition coefficient (Wildman–Crippen LogP) is 2.17. The van der Waals surface area contributed by atoms with E-state index in [4.69, 9.17) is 4.42 Å². The zero-order chi connectivity index (χ0) is 15.4. The number of H-pyrrole nitrogens is 1. The summed E-state index contributed by atoms with van der Waals surface area (Å²) in [6.45, 7) is 0. The first-order valence-corrected chi connectivity index (χ1v) is 6.50. The molecule has 0 saturated heterocycles. The van der Waals surface area contributed by atoms with Gasteiger partial charge in [0.15, 0.2) is 5.82 Å². The van der Waals surface area contributed by atoms with E-state index in [1.165, 1.54) is 12.6 Å². The summed E-state index contributed by atoms with van der Waals surface area (Å²) < 4.78 is 5.37. The molecule has 7 nitrogen and oxygen atoms in total. The van der Waals surface area contributed by atoms with Gasteiger partial charge in [-0.15, -0.1) is 0 Å². The summed E-state index contributed by atoms with van der Waals surface area (Å²) >= 11 is 0. The molecular weight excluding hydrogens is 284 g/mol. The van der Waals surface area contributed by atoms with E-state index in [-0.39, 0.29) is 11.6 Å². The molecule has 7 heteroatoms. The zero-order valence-corrected chi connectivity index (χ0v) is 11.4. The molecule has 0 aliphatic heterocycles. The van der Waals surface area contributed by atoms with Crippen LogP contribution in [-0.2, 0) is 6.42 Å². The molecular formula is C15H12N4O3. The Labute approximate surface area is 125 Å². The molecule has 110 valence electrons. The van der Waals surface area contributed by atoms with Crippen molar-refractivity contribution in [1.82, 2.24) is 20.2 Å². The number of rotatable bonds is 5. The lowest BCUT2D eigenvalue weighted by Gasteiger charge is -1.95. The molecule has 0 atom stereocenters. The minimum absolute atomic E-state index is 0.0590. The van der Waals surface area contributed by atoms with Crippen molar-refractivity contribution in [2.75, 3.05) is 0 Å². The molecule has 3 aromatic heterocycles. The van der Waals surface area contributed by atoms with E-state index >= 15 is 0 Å². The van der Waals surface area contributed by atoms with Crippen molar-refractivity contribution in [3.63, 3.8) is 0 Å². The maximum Gasteiger partial charge on any atom is 0.226 e. The Morgan fingerprint density at radius 1 is 1.36 bits per heavy atom. The van der Waals surface area contributed by atoms with Gasteiger partial charge >= 0.3 is 0 Å². The second-order valence-corrected chi connectivity index (χ2v) is 4.53. The molecule has 3 aromatic rings. The third kappa shape index (κ3) is 3.09. The number of pyridine rings is 1. The molecule has 0 bridgehead atoms. The van der Waals surface area contributed by atoms with E-state index in [0.29, 0.717) is 17.7 Å². The van der Waals surface area contributed by atoms with Crippen molar-refractivity contribution in [3.05, 3.63) is 72.0 Å². The van der Waals surface area contributed by atoms with Gasteiger partial charge in [0.25, 0.3) is 0 Å². The molecule has 2 N–H and O–H groups in total. The number of hydrogen-bond donors (Lipinski definition) is 2. The van der Waals surface area contributed by atoms with Crippen molar-refractivity contribution in [2.24, 2.45) is 0 Å². The van der Waals surface area contributed by atoms with E-state index < -0.39 is 5.78 Å². The van der Waals surface area contributed by atoms with Gasteiger partial charge in [0, 0.05) is 24.4 Å². The van der Waals surface area contributed by atoms with Crippen molar-refractivity contribution in [2.45, 2.75) is 6.42 Å². The molecule has 0 aliphatic rings. The fraction of sp³-hybridized carbons (Fsp3) is 0.0667. The Morgan fingerprint density at radius 3 is 3.00 bits per heavy atom. The van der Waals surface area contributed by atoms with Crippen molar-refractivity contribution in [3.8, 4) is 0 Å². The summed E-state index contributed by atoms with van der Waals surface area (Å²) in [4.78, 5) is 19.7. The number of aromatic amines is 1. The van der Waals surface area contributed by atoms with Gasteiger partial charge in [-0.25, -0.2) is 4.98 Å². The van der Waals surface area contributed by atoms with E-state index in [0.717, 1.165) is 11.8 Å². The molecule has 0 amide bonds. The highest BCUT2D eigenvalue weighted by Gasteiger charge is 2.11. The smallest absolute Gasteiger partial charge is 0.226 e. The lowest BCUT2D eigenvalue weighted by atomic mass is 10.2. The molecule has 0 spiro atoms. The van der Waals surface area contributed by atoms with Crippen LogP contribution in [0.5, 0.6) is 0 Å². The SMILES string of the molecule is O=C(C=C(O)c1coc(Cc2ccccn2)c1)c1ncn[nH]1. The molecule has 0 aliphatic carbocycles. The van der Waals surface area contributed by atoms with Crippen LogP contribution in [0.15, 0.2) is 53.5 Å². The Balaban J connectivity index is 1.74. The average molecular weight is 296 g/mol. The first-order chi connectivity index (χ1) is 10.7. The number of furan rings is 1. The monoisotopic (exact) mass is 296 g/mol. The minimum atomic E-state index is -0.470. The first kappa shape index (κ1) is 13.7. The Morgan fingerprint density at radius 2 is 2.27 bits per heavy atom. The summed E-state index contributed by atoms with van der Waals surface area (Å²) in [5, 5.41) is 16.0. The summed E-state index contributed by atoms with van der Waals surface area (Å²) in [7, 11) is 0. The van der Waals surface area contributed by atoms with Gasteiger partial charge < -0.3 is 9.52 Å². The average Bonchev–Trinajstić information content (AvgIpc) is 3.19. The van der Waals surface area contributed by atoms with Gasteiger partial charge in [-0.05, 0) is 18.2 Å². The van der Waals surface area contributed by atoms with Crippen LogP contribution in [0.1, 0.15) is 27.6 Å². The van der Waals surface area contributed by atoms with Crippen LogP contribution in [0.4, 0.5) is 0 Å². The van der Waals surface area contributed by atoms with Crippen LogP contribution in [0, 0.1) is 0 Å². The molecule has 0 aromatic carbocycles. The van der Waals surface area contributed by atoms with Crippen LogP contribution in [0.3, 0.4) is 0 Å². The van der Waals surface area contributed by atoms with Gasteiger partial charge in [0.1, 0.15) is 24.1 Å². The molecule has 0 unspecified atom stereocenters. The highest BCUT2D eigenvalue weighted by molar-refractivity contribution is 6.05. The fourth-order valence-corrected chi connectivity index (χ4v) is 1.89. The Kier molecular flexibility index (Phi) is 3.78.